The number of aryl methyl sites for hydroxylation is 1. The number of nitrogens with zero attached hydrogens (tertiary/aromatic N) is 1. The molecule has 0 saturated carbocycles. The van der Waals surface area contributed by atoms with Crippen LogP contribution < -0.4 is 14.3 Å². The van der Waals surface area contributed by atoms with Crippen LogP contribution in [-0.2, 0) is 16.6 Å². The SMILES string of the molecule is Cc1ccc(OCCNS(=O)(=O)c2ccc3c(c2)sc(=O)n3Cc2ccccc2Cl)cc1. The van der Waals surface area contributed by atoms with Gasteiger partial charge in [0.15, 0.2) is 0 Å². The van der Waals surface area contributed by atoms with Crippen molar-refractivity contribution in [2.75, 3.05) is 13.2 Å². The van der Waals surface area contributed by atoms with Gasteiger partial charge in [-0.2, -0.15) is 0 Å². The highest BCUT2D eigenvalue weighted by atomic mass is 35.5. The van der Waals surface area contributed by atoms with Gasteiger partial charge in [-0.05, 0) is 48.9 Å². The molecule has 0 saturated heterocycles. The summed E-state index contributed by atoms with van der Waals surface area (Å²) in [4.78, 5) is 12.5. The smallest absolute Gasteiger partial charge is 0.308 e. The van der Waals surface area contributed by atoms with Gasteiger partial charge in [-0.25, -0.2) is 13.1 Å². The monoisotopic (exact) mass is 488 g/mol. The Kier molecular flexibility index (Phi) is 6.66. The first-order valence-electron chi connectivity index (χ1n) is 9.89. The minimum Gasteiger partial charge on any atom is -0.492 e. The number of hydrogen-bond donors (Lipinski definition) is 1. The molecule has 3 aromatic carbocycles. The number of thiazole rings is 1. The Labute approximate surface area is 195 Å². The van der Waals surface area contributed by atoms with Crippen molar-refractivity contribution in [2.24, 2.45) is 0 Å². The van der Waals surface area contributed by atoms with E-state index >= 15 is 0 Å². The number of halogens is 1. The zero-order chi connectivity index (χ0) is 22.7. The van der Waals surface area contributed by atoms with Gasteiger partial charge in [-0.15, -0.1) is 0 Å². The molecule has 1 N–H and O–H groups in total. The van der Waals surface area contributed by atoms with Gasteiger partial charge in [0.05, 0.1) is 21.7 Å². The van der Waals surface area contributed by atoms with Gasteiger partial charge in [0.2, 0.25) is 10.0 Å². The van der Waals surface area contributed by atoms with Crippen LogP contribution in [0.4, 0.5) is 0 Å². The Bertz CT molecular complexity index is 1410. The van der Waals surface area contributed by atoms with Crippen molar-refractivity contribution in [1.82, 2.24) is 9.29 Å². The molecule has 0 unspecified atom stereocenters. The fourth-order valence-corrected chi connectivity index (χ4v) is 5.46. The van der Waals surface area contributed by atoms with Gasteiger partial charge in [-0.3, -0.25) is 9.36 Å². The first-order chi connectivity index (χ1) is 15.3. The lowest BCUT2D eigenvalue weighted by Crippen LogP contribution is -2.28. The van der Waals surface area contributed by atoms with Crippen molar-refractivity contribution >= 4 is 43.2 Å². The summed E-state index contributed by atoms with van der Waals surface area (Å²) in [6, 6.07) is 19.5. The van der Waals surface area contributed by atoms with Gasteiger partial charge in [0, 0.05) is 11.6 Å². The van der Waals surface area contributed by atoms with Crippen LogP contribution in [0.1, 0.15) is 11.1 Å². The van der Waals surface area contributed by atoms with Crippen molar-refractivity contribution in [2.45, 2.75) is 18.4 Å². The summed E-state index contributed by atoms with van der Waals surface area (Å²) in [6.07, 6.45) is 0. The van der Waals surface area contributed by atoms with Crippen LogP contribution in [0.25, 0.3) is 10.2 Å². The molecule has 0 spiro atoms. The van der Waals surface area contributed by atoms with E-state index in [2.05, 4.69) is 4.72 Å². The summed E-state index contributed by atoms with van der Waals surface area (Å²) < 4.78 is 35.7. The Morgan fingerprint density at radius 3 is 2.56 bits per heavy atom. The summed E-state index contributed by atoms with van der Waals surface area (Å²) in [5.41, 5.74) is 2.61. The normalized spacial score (nSPS) is 11.7. The van der Waals surface area contributed by atoms with Crippen LogP contribution in [0.2, 0.25) is 5.02 Å². The predicted octanol–water partition coefficient (Wildman–Crippen LogP) is 4.43. The molecule has 0 atom stereocenters. The van der Waals surface area contributed by atoms with E-state index in [9.17, 15) is 13.2 Å². The number of nitrogens with one attached hydrogen (secondary N) is 1. The van der Waals surface area contributed by atoms with Gasteiger partial charge in [-0.1, -0.05) is 58.8 Å². The largest absolute Gasteiger partial charge is 0.492 e. The second-order valence-corrected chi connectivity index (χ2v) is 10.4. The van der Waals surface area contributed by atoms with E-state index in [0.29, 0.717) is 27.5 Å². The van der Waals surface area contributed by atoms with Gasteiger partial charge in [0.25, 0.3) is 0 Å². The number of aromatic nitrogens is 1. The first-order valence-corrected chi connectivity index (χ1v) is 12.6. The van der Waals surface area contributed by atoms with E-state index in [0.717, 1.165) is 22.5 Å². The number of fused-ring (bicyclic) bond motifs is 1. The minimum atomic E-state index is -3.74. The number of sulfonamides is 1. The van der Waals surface area contributed by atoms with E-state index in [1.165, 1.54) is 12.1 Å². The van der Waals surface area contributed by atoms with Crippen molar-refractivity contribution < 1.29 is 13.2 Å². The summed E-state index contributed by atoms with van der Waals surface area (Å²) in [5.74, 6) is 0.681. The molecule has 4 aromatic rings. The van der Waals surface area contributed by atoms with E-state index in [-0.39, 0.29) is 22.9 Å². The predicted molar refractivity (Wildman–Crippen MR) is 129 cm³/mol. The Balaban J connectivity index is 1.47. The fourth-order valence-electron chi connectivity index (χ4n) is 3.22. The first kappa shape index (κ1) is 22.5. The molecule has 0 bridgehead atoms. The molecule has 0 aliphatic heterocycles. The summed E-state index contributed by atoms with van der Waals surface area (Å²) >= 11 is 7.23. The minimum absolute atomic E-state index is 0.103. The van der Waals surface area contributed by atoms with Crippen molar-refractivity contribution in [3.8, 4) is 5.75 Å². The molecule has 0 aliphatic rings. The summed E-state index contributed by atoms with van der Waals surface area (Å²) in [6.45, 7) is 2.62. The Hall–Kier alpha value is -2.65. The highest BCUT2D eigenvalue weighted by Crippen LogP contribution is 2.24. The lowest BCUT2D eigenvalue weighted by Gasteiger charge is -2.09. The topological polar surface area (TPSA) is 77.4 Å². The molecule has 0 amide bonds. The third-order valence-electron chi connectivity index (χ3n) is 4.92. The van der Waals surface area contributed by atoms with Crippen LogP contribution >= 0.6 is 22.9 Å². The Morgan fingerprint density at radius 2 is 1.81 bits per heavy atom. The molecule has 32 heavy (non-hydrogen) atoms. The number of benzene rings is 3. The number of rotatable bonds is 8. The van der Waals surface area contributed by atoms with Crippen molar-refractivity contribution in [3.63, 3.8) is 0 Å². The lowest BCUT2D eigenvalue weighted by atomic mass is 10.2. The van der Waals surface area contributed by atoms with Crippen LogP contribution in [0.3, 0.4) is 0 Å². The van der Waals surface area contributed by atoms with Gasteiger partial charge < -0.3 is 4.74 Å². The maximum absolute atomic E-state index is 12.7. The molecule has 0 fully saturated rings. The molecule has 0 aliphatic carbocycles. The molecular formula is C23H21ClN2O4S2. The third kappa shape index (κ3) is 5.05. The van der Waals surface area contributed by atoms with E-state index < -0.39 is 10.0 Å². The molecular weight excluding hydrogens is 468 g/mol. The standard InChI is InChI=1S/C23H21ClN2O4S2/c1-16-6-8-18(9-7-16)30-13-12-25-32(28,29)19-10-11-21-22(14-19)31-23(27)26(21)15-17-4-2-3-5-20(17)24/h2-11,14,25H,12-13,15H2,1H3. The lowest BCUT2D eigenvalue weighted by molar-refractivity contribution is 0.323. The average Bonchev–Trinajstić information content (AvgIpc) is 3.08. The van der Waals surface area contributed by atoms with Crippen LogP contribution in [0, 0.1) is 6.92 Å². The average molecular weight is 489 g/mol. The molecule has 1 aromatic heterocycles. The van der Waals surface area contributed by atoms with Crippen molar-refractivity contribution in [1.29, 1.82) is 0 Å². The quantitative estimate of drug-likeness (QED) is 0.372. The highest BCUT2D eigenvalue weighted by Gasteiger charge is 2.17. The molecule has 9 heteroatoms. The third-order valence-corrected chi connectivity index (χ3v) is 7.69. The number of ether oxygens (including phenoxy) is 1. The second-order valence-electron chi connectivity index (χ2n) is 7.23. The number of hydrogen-bond acceptors (Lipinski definition) is 5. The molecule has 0 radical (unpaired) electrons. The summed E-state index contributed by atoms with van der Waals surface area (Å²) in [5, 5.41) is 0.579. The maximum atomic E-state index is 12.7. The van der Waals surface area contributed by atoms with E-state index in [1.807, 2.05) is 49.4 Å². The summed E-state index contributed by atoms with van der Waals surface area (Å²) in [7, 11) is -3.74. The second kappa shape index (κ2) is 9.46. The maximum Gasteiger partial charge on any atom is 0.308 e. The molecule has 166 valence electrons. The fraction of sp³-hybridized carbons (Fsp3) is 0.174. The van der Waals surface area contributed by atoms with Crippen LogP contribution in [-0.4, -0.2) is 26.1 Å². The zero-order valence-electron chi connectivity index (χ0n) is 17.2. The van der Waals surface area contributed by atoms with E-state index in [1.54, 1.807) is 16.7 Å². The van der Waals surface area contributed by atoms with Crippen molar-refractivity contribution in [3.05, 3.63) is 92.5 Å². The van der Waals surface area contributed by atoms with Crippen LogP contribution in [0.5, 0.6) is 5.75 Å². The van der Waals surface area contributed by atoms with Crippen LogP contribution in [0.15, 0.2) is 76.4 Å². The molecule has 1 heterocycles. The van der Waals surface area contributed by atoms with Gasteiger partial charge >= 0.3 is 4.87 Å². The zero-order valence-corrected chi connectivity index (χ0v) is 19.6. The molecule has 4 rings (SSSR count). The molecule has 6 nitrogen and oxygen atoms in total. The Morgan fingerprint density at radius 1 is 1.06 bits per heavy atom. The van der Waals surface area contributed by atoms with Gasteiger partial charge in [0.1, 0.15) is 12.4 Å². The highest BCUT2D eigenvalue weighted by molar-refractivity contribution is 7.89. The van der Waals surface area contributed by atoms with E-state index in [4.69, 9.17) is 16.3 Å².